The average molecular weight is 244 g/mol. The van der Waals surface area contributed by atoms with Crippen LogP contribution >= 0.6 is 0 Å². The SMILES string of the molecule is CCCCC1=C2c3ccoc3CCC2CCC1=O. The van der Waals surface area contributed by atoms with Crippen LogP contribution in [0.15, 0.2) is 22.3 Å². The molecule has 1 unspecified atom stereocenters. The number of furan rings is 1. The Balaban J connectivity index is 2.07. The van der Waals surface area contributed by atoms with E-state index in [1.165, 1.54) is 11.1 Å². The third-order valence-electron chi connectivity index (χ3n) is 4.33. The molecule has 2 aliphatic carbocycles. The molecule has 0 aromatic carbocycles. The summed E-state index contributed by atoms with van der Waals surface area (Å²) in [6.07, 6.45) is 8.96. The molecule has 0 amide bonds. The Hall–Kier alpha value is -1.31. The van der Waals surface area contributed by atoms with Gasteiger partial charge in [-0.05, 0) is 48.8 Å². The van der Waals surface area contributed by atoms with Crippen LogP contribution in [-0.4, -0.2) is 5.78 Å². The number of ketones is 1. The minimum atomic E-state index is 0.378. The summed E-state index contributed by atoms with van der Waals surface area (Å²) in [7, 11) is 0. The molecule has 1 aromatic rings. The van der Waals surface area contributed by atoms with Gasteiger partial charge in [0.25, 0.3) is 0 Å². The van der Waals surface area contributed by atoms with E-state index in [-0.39, 0.29) is 0 Å². The quantitative estimate of drug-likeness (QED) is 0.799. The highest BCUT2D eigenvalue weighted by Crippen LogP contribution is 2.44. The number of hydrogen-bond donors (Lipinski definition) is 0. The summed E-state index contributed by atoms with van der Waals surface area (Å²) < 4.78 is 5.55. The first-order valence-electron chi connectivity index (χ1n) is 7.14. The Morgan fingerprint density at radius 3 is 3.00 bits per heavy atom. The Labute approximate surface area is 108 Å². The maximum absolute atomic E-state index is 12.2. The van der Waals surface area contributed by atoms with Crippen LogP contribution in [0.5, 0.6) is 0 Å². The molecule has 0 fully saturated rings. The number of hydrogen-bond acceptors (Lipinski definition) is 2. The van der Waals surface area contributed by atoms with Gasteiger partial charge >= 0.3 is 0 Å². The fraction of sp³-hybridized carbons (Fsp3) is 0.562. The maximum Gasteiger partial charge on any atom is 0.159 e. The molecule has 1 aromatic heterocycles. The lowest BCUT2D eigenvalue weighted by molar-refractivity contribution is -0.116. The predicted octanol–water partition coefficient (Wildman–Crippen LogP) is 4.15. The summed E-state index contributed by atoms with van der Waals surface area (Å²) in [6.45, 7) is 2.18. The Bertz CT molecular complexity index is 493. The van der Waals surface area contributed by atoms with Crippen LogP contribution in [0.25, 0.3) is 5.57 Å². The van der Waals surface area contributed by atoms with E-state index in [0.717, 1.165) is 56.3 Å². The van der Waals surface area contributed by atoms with Gasteiger partial charge in [0.2, 0.25) is 0 Å². The number of Topliss-reactive ketones (excluding diaryl/α,β-unsaturated/α-hetero) is 1. The van der Waals surface area contributed by atoms with Crippen LogP contribution in [0.4, 0.5) is 0 Å². The van der Waals surface area contributed by atoms with Gasteiger partial charge in [0.1, 0.15) is 5.76 Å². The Morgan fingerprint density at radius 1 is 1.33 bits per heavy atom. The van der Waals surface area contributed by atoms with Crippen LogP contribution in [0.1, 0.15) is 56.8 Å². The van der Waals surface area contributed by atoms with E-state index < -0.39 is 0 Å². The molecule has 0 radical (unpaired) electrons. The van der Waals surface area contributed by atoms with Gasteiger partial charge in [-0.3, -0.25) is 4.79 Å². The summed E-state index contributed by atoms with van der Waals surface area (Å²) in [6, 6.07) is 2.06. The Morgan fingerprint density at radius 2 is 2.17 bits per heavy atom. The molecular formula is C16H20O2. The first-order chi connectivity index (χ1) is 8.81. The fourth-order valence-corrected chi connectivity index (χ4v) is 3.38. The van der Waals surface area contributed by atoms with Crippen molar-refractivity contribution in [3.8, 4) is 0 Å². The van der Waals surface area contributed by atoms with Gasteiger partial charge in [0.15, 0.2) is 5.78 Å². The fourth-order valence-electron chi connectivity index (χ4n) is 3.38. The summed E-state index contributed by atoms with van der Waals surface area (Å²) in [5.41, 5.74) is 3.66. The summed E-state index contributed by atoms with van der Waals surface area (Å²) in [5, 5.41) is 0. The van der Waals surface area contributed by atoms with E-state index in [1.807, 2.05) is 0 Å². The van der Waals surface area contributed by atoms with Gasteiger partial charge in [-0.2, -0.15) is 0 Å². The first kappa shape index (κ1) is 11.8. The molecule has 1 atom stereocenters. The van der Waals surface area contributed by atoms with Crippen molar-refractivity contribution in [2.24, 2.45) is 5.92 Å². The normalized spacial score (nSPS) is 22.9. The Kier molecular flexibility index (Phi) is 3.11. The van der Waals surface area contributed by atoms with E-state index >= 15 is 0 Å². The van der Waals surface area contributed by atoms with Crippen LogP contribution in [-0.2, 0) is 11.2 Å². The molecule has 0 spiro atoms. The number of carbonyl (C=O) groups is 1. The molecule has 0 saturated heterocycles. The molecule has 0 saturated carbocycles. The molecule has 0 bridgehead atoms. The lowest BCUT2D eigenvalue weighted by Gasteiger charge is -2.31. The summed E-state index contributed by atoms with van der Waals surface area (Å²) >= 11 is 0. The second kappa shape index (κ2) is 4.75. The molecular weight excluding hydrogens is 224 g/mol. The first-order valence-corrected chi connectivity index (χ1v) is 7.14. The van der Waals surface area contributed by atoms with Gasteiger partial charge in [-0.1, -0.05) is 13.3 Å². The van der Waals surface area contributed by atoms with Gasteiger partial charge in [-0.25, -0.2) is 0 Å². The molecule has 2 heteroatoms. The van der Waals surface area contributed by atoms with Crippen molar-refractivity contribution >= 4 is 11.4 Å². The second-order valence-corrected chi connectivity index (χ2v) is 5.45. The minimum absolute atomic E-state index is 0.378. The minimum Gasteiger partial charge on any atom is -0.469 e. The van der Waals surface area contributed by atoms with Crippen molar-refractivity contribution in [3.05, 3.63) is 29.2 Å². The van der Waals surface area contributed by atoms with E-state index in [9.17, 15) is 4.79 Å². The van der Waals surface area contributed by atoms with Crippen molar-refractivity contribution < 1.29 is 9.21 Å². The smallest absolute Gasteiger partial charge is 0.159 e. The van der Waals surface area contributed by atoms with Crippen molar-refractivity contribution in [2.75, 3.05) is 0 Å². The van der Waals surface area contributed by atoms with Crippen molar-refractivity contribution in [1.29, 1.82) is 0 Å². The van der Waals surface area contributed by atoms with E-state index in [4.69, 9.17) is 4.42 Å². The van der Waals surface area contributed by atoms with Gasteiger partial charge < -0.3 is 4.42 Å². The second-order valence-electron chi connectivity index (χ2n) is 5.45. The number of allylic oxidation sites excluding steroid dienone is 2. The van der Waals surface area contributed by atoms with Gasteiger partial charge in [0.05, 0.1) is 6.26 Å². The number of unbranched alkanes of at least 4 members (excludes halogenated alkanes) is 1. The summed E-state index contributed by atoms with van der Waals surface area (Å²) in [4.78, 5) is 12.2. The van der Waals surface area contributed by atoms with E-state index in [2.05, 4.69) is 13.0 Å². The number of fused-ring (bicyclic) bond motifs is 3. The standard InChI is InChI=1S/C16H20O2/c1-2-3-4-12-14(17)7-5-11-6-8-15-13(16(11)12)9-10-18-15/h9-11H,2-8H2,1H3. The molecule has 18 heavy (non-hydrogen) atoms. The largest absolute Gasteiger partial charge is 0.469 e. The zero-order valence-electron chi connectivity index (χ0n) is 11.0. The highest BCUT2D eigenvalue weighted by Gasteiger charge is 2.33. The van der Waals surface area contributed by atoms with Crippen molar-refractivity contribution in [2.45, 2.75) is 51.9 Å². The average Bonchev–Trinajstić information content (AvgIpc) is 2.85. The third-order valence-corrected chi connectivity index (χ3v) is 4.33. The van der Waals surface area contributed by atoms with Crippen LogP contribution in [0, 0.1) is 5.92 Å². The van der Waals surface area contributed by atoms with Gasteiger partial charge in [0, 0.05) is 18.4 Å². The van der Waals surface area contributed by atoms with Gasteiger partial charge in [-0.15, -0.1) is 0 Å². The molecule has 96 valence electrons. The van der Waals surface area contributed by atoms with Crippen molar-refractivity contribution in [1.82, 2.24) is 0 Å². The van der Waals surface area contributed by atoms with Crippen LogP contribution in [0.2, 0.25) is 0 Å². The monoisotopic (exact) mass is 244 g/mol. The molecule has 0 N–H and O–H groups in total. The lowest BCUT2D eigenvalue weighted by Crippen LogP contribution is -2.22. The number of carbonyl (C=O) groups excluding carboxylic acids is 1. The maximum atomic E-state index is 12.2. The third kappa shape index (κ3) is 1.84. The zero-order valence-corrected chi connectivity index (χ0v) is 11.0. The van der Waals surface area contributed by atoms with Crippen LogP contribution < -0.4 is 0 Å². The summed E-state index contributed by atoms with van der Waals surface area (Å²) in [5.74, 6) is 2.06. The van der Waals surface area contributed by atoms with Crippen LogP contribution in [0.3, 0.4) is 0 Å². The van der Waals surface area contributed by atoms with E-state index in [0.29, 0.717) is 11.7 Å². The molecule has 1 heterocycles. The van der Waals surface area contributed by atoms with E-state index in [1.54, 1.807) is 6.26 Å². The van der Waals surface area contributed by atoms with Crippen molar-refractivity contribution in [3.63, 3.8) is 0 Å². The predicted molar refractivity (Wildman–Crippen MR) is 71.2 cm³/mol. The molecule has 3 rings (SSSR count). The number of rotatable bonds is 3. The topological polar surface area (TPSA) is 30.2 Å². The molecule has 2 aliphatic rings. The number of aryl methyl sites for hydroxylation is 1. The highest BCUT2D eigenvalue weighted by molar-refractivity contribution is 6.04. The lowest BCUT2D eigenvalue weighted by atomic mass is 9.72. The highest BCUT2D eigenvalue weighted by atomic mass is 16.3. The molecule has 2 nitrogen and oxygen atoms in total. The zero-order chi connectivity index (χ0) is 12.5. The molecule has 0 aliphatic heterocycles.